The summed E-state index contributed by atoms with van der Waals surface area (Å²) in [7, 11) is 0. The molecule has 1 aromatic rings. The molecule has 0 radical (unpaired) electrons. The van der Waals surface area contributed by atoms with Gasteiger partial charge < -0.3 is 0 Å². The van der Waals surface area contributed by atoms with Gasteiger partial charge in [0.2, 0.25) is 11.8 Å². The van der Waals surface area contributed by atoms with Crippen molar-refractivity contribution < 1.29 is 14.4 Å². The molecule has 5 heteroatoms. The Labute approximate surface area is 110 Å². The fourth-order valence-electron chi connectivity index (χ4n) is 1.78. The fraction of sp³-hybridized carbons (Fsp3) is 0.231. The third-order valence-corrected chi connectivity index (χ3v) is 3.21. The highest BCUT2D eigenvalue weighted by Crippen LogP contribution is 2.17. The zero-order valence-corrected chi connectivity index (χ0v) is 10.6. The molecule has 1 heterocycles. The molecule has 2 rings (SSSR count). The van der Waals surface area contributed by atoms with Gasteiger partial charge in [0, 0.05) is 24.0 Å². The maximum absolute atomic E-state index is 11.5. The molecular weight excluding hydrogens is 250 g/mol. The topological polar surface area (TPSA) is 54.5 Å². The number of hydrogen-bond donors (Lipinski definition) is 0. The van der Waals surface area contributed by atoms with Crippen LogP contribution in [0.4, 0.5) is 0 Å². The Balaban J connectivity index is 2.26. The SMILES string of the molecule is CC(=O)c1ccc(C(=S)N2C(=O)CCC2=O)cc1. The van der Waals surface area contributed by atoms with E-state index in [1.807, 2.05) is 0 Å². The Morgan fingerprint density at radius 2 is 1.50 bits per heavy atom. The summed E-state index contributed by atoms with van der Waals surface area (Å²) in [5.74, 6) is -0.568. The number of rotatable bonds is 2. The van der Waals surface area contributed by atoms with E-state index in [4.69, 9.17) is 12.2 Å². The number of benzene rings is 1. The minimum Gasteiger partial charge on any atom is -0.295 e. The van der Waals surface area contributed by atoms with Crippen molar-refractivity contribution in [3.05, 3.63) is 35.4 Å². The van der Waals surface area contributed by atoms with Gasteiger partial charge in [0.1, 0.15) is 4.99 Å². The smallest absolute Gasteiger partial charge is 0.234 e. The van der Waals surface area contributed by atoms with Crippen molar-refractivity contribution in [2.45, 2.75) is 19.8 Å². The van der Waals surface area contributed by atoms with Gasteiger partial charge >= 0.3 is 0 Å². The highest BCUT2D eigenvalue weighted by molar-refractivity contribution is 7.80. The standard InChI is InChI=1S/C13H11NO3S/c1-8(15)9-2-4-10(5-3-9)13(18)14-11(16)6-7-12(14)17/h2-5H,6-7H2,1H3. The van der Waals surface area contributed by atoms with Gasteiger partial charge in [-0.3, -0.25) is 14.4 Å². The molecule has 92 valence electrons. The van der Waals surface area contributed by atoms with Crippen molar-refractivity contribution in [2.24, 2.45) is 0 Å². The number of thiocarbonyl (C=S) groups is 1. The average molecular weight is 261 g/mol. The Kier molecular flexibility index (Phi) is 3.34. The molecule has 0 atom stereocenters. The molecule has 0 bridgehead atoms. The first-order valence-electron chi connectivity index (χ1n) is 5.52. The third kappa shape index (κ3) is 2.22. The lowest BCUT2D eigenvalue weighted by atomic mass is 10.1. The van der Waals surface area contributed by atoms with Crippen molar-refractivity contribution in [1.29, 1.82) is 0 Å². The van der Waals surface area contributed by atoms with Gasteiger partial charge in [-0.25, -0.2) is 4.90 Å². The van der Waals surface area contributed by atoms with Crippen LogP contribution in [0.15, 0.2) is 24.3 Å². The lowest BCUT2D eigenvalue weighted by Crippen LogP contribution is -2.34. The van der Waals surface area contributed by atoms with E-state index in [0.29, 0.717) is 11.1 Å². The Morgan fingerprint density at radius 1 is 1.06 bits per heavy atom. The van der Waals surface area contributed by atoms with Gasteiger partial charge in [-0.15, -0.1) is 0 Å². The summed E-state index contributed by atoms with van der Waals surface area (Å²) in [6.45, 7) is 1.47. The monoisotopic (exact) mass is 261 g/mol. The van der Waals surface area contributed by atoms with Crippen LogP contribution in [0.5, 0.6) is 0 Å². The maximum Gasteiger partial charge on any atom is 0.234 e. The molecule has 0 aromatic heterocycles. The van der Waals surface area contributed by atoms with Crippen LogP contribution < -0.4 is 0 Å². The van der Waals surface area contributed by atoms with Crippen molar-refractivity contribution in [2.75, 3.05) is 0 Å². The highest BCUT2D eigenvalue weighted by Gasteiger charge is 2.32. The summed E-state index contributed by atoms with van der Waals surface area (Å²) < 4.78 is 0. The molecule has 0 unspecified atom stereocenters. The fourth-order valence-corrected chi connectivity index (χ4v) is 2.12. The van der Waals surface area contributed by atoms with Gasteiger partial charge in [-0.05, 0) is 6.92 Å². The minimum absolute atomic E-state index is 0.0409. The molecule has 1 saturated heterocycles. The molecule has 1 aliphatic rings. The second-order valence-electron chi connectivity index (χ2n) is 4.06. The van der Waals surface area contributed by atoms with E-state index in [0.717, 1.165) is 4.90 Å². The Hall–Kier alpha value is -1.88. The lowest BCUT2D eigenvalue weighted by Gasteiger charge is -2.14. The average Bonchev–Trinajstić information content (AvgIpc) is 2.68. The molecule has 1 fully saturated rings. The van der Waals surface area contributed by atoms with E-state index < -0.39 is 0 Å². The first-order chi connectivity index (χ1) is 8.50. The number of nitrogens with zero attached hydrogens (tertiary/aromatic N) is 1. The first kappa shape index (κ1) is 12.6. The Morgan fingerprint density at radius 3 is 1.94 bits per heavy atom. The van der Waals surface area contributed by atoms with Crippen LogP contribution in [0.3, 0.4) is 0 Å². The van der Waals surface area contributed by atoms with Crippen LogP contribution in [0.25, 0.3) is 0 Å². The van der Waals surface area contributed by atoms with E-state index >= 15 is 0 Å². The van der Waals surface area contributed by atoms with E-state index in [-0.39, 0.29) is 35.4 Å². The van der Waals surface area contributed by atoms with Gasteiger partial charge in [-0.2, -0.15) is 0 Å². The maximum atomic E-state index is 11.5. The Bertz CT molecular complexity index is 532. The zero-order chi connectivity index (χ0) is 13.3. The van der Waals surface area contributed by atoms with Crippen LogP contribution in [0.1, 0.15) is 35.7 Å². The van der Waals surface area contributed by atoms with E-state index in [1.165, 1.54) is 6.92 Å². The third-order valence-electron chi connectivity index (χ3n) is 2.79. The van der Waals surface area contributed by atoms with Crippen molar-refractivity contribution in [3.8, 4) is 0 Å². The molecule has 0 N–H and O–H groups in total. The number of likely N-dealkylation sites (tertiary alicyclic amines) is 1. The lowest BCUT2D eigenvalue weighted by molar-refractivity contribution is -0.133. The predicted octanol–water partition coefficient (Wildman–Crippen LogP) is 1.71. The molecule has 0 spiro atoms. The van der Waals surface area contributed by atoms with Gasteiger partial charge in [0.15, 0.2) is 5.78 Å². The summed E-state index contributed by atoms with van der Waals surface area (Å²) >= 11 is 5.14. The number of Topliss-reactive ketones (excluding diaryl/α,β-unsaturated/α-hetero) is 1. The summed E-state index contributed by atoms with van der Waals surface area (Å²) in [6.07, 6.45) is 0.426. The summed E-state index contributed by atoms with van der Waals surface area (Å²) in [5, 5.41) is 0. The van der Waals surface area contributed by atoms with Crippen LogP contribution in [-0.4, -0.2) is 27.5 Å². The quantitative estimate of drug-likeness (QED) is 0.462. The zero-order valence-electron chi connectivity index (χ0n) is 9.80. The molecule has 0 saturated carbocycles. The number of ketones is 1. The number of carbonyl (C=O) groups excluding carboxylic acids is 3. The molecule has 4 nitrogen and oxygen atoms in total. The molecule has 0 aliphatic carbocycles. The van der Waals surface area contributed by atoms with Crippen LogP contribution in [0.2, 0.25) is 0 Å². The van der Waals surface area contributed by atoms with Crippen molar-refractivity contribution >= 4 is 34.8 Å². The summed E-state index contributed by atoms with van der Waals surface area (Å²) in [6, 6.07) is 6.57. The van der Waals surface area contributed by atoms with Crippen LogP contribution in [-0.2, 0) is 9.59 Å². The molecule has 1 aromatic carbocycles. The molecule has 2 amide bonds. The van der Waals surface area contributed by atoms with Crippen LogP contribution in [0, 0.1) is 0 Å². The largest absolute Gasteiger partial charge is 0.295 e. The summed E-state index contributed by atoms with van der Waals surface area (Å²) in [5.41, 5.74) is 1.17. The number of amides is 2. The second kappa shape index (κ2) is 4.78. The van der Waals surface area contributed by atoms with E-state index in [1.54, 1.807) is 24.3 Å². The summed E-state index contributed by atoms with van der Waals surface area (Å²) in [4.78, 5) is 35.5. The van der Waals surface area contributed by atoms with Crippen molar-refractivity contribution in [1.82, 2.24) is 4.90 Å². The van der Waals surface area contributed by atoms with Crippen molar-refractivity contribution in [3.63, 3.8) is 0 Å². The molecule has 18 heavy (non-hydrogen) atoms. The van der Waals surface area contributed by atoms with E-state index in [2.05, 4.69) is 0 Å². The molecule has 1 aliphatic heterocycles. The normalized spacial score (nSPS) is 15.1. The number of imide groups is 1. The number of carbonyl (C=O) groups is 3. The predicted molar refractivity (Wildman–Crippen MR) is 69.2 cm³/mol. The highest BCUT2D eigenvalue weighted by atomic mass is 32.1. The van der Waals surface area contributed by atoms with E-state index in [9.17, 15) is 14.4 Å². The van der Waals surface area contributed by atoms with Gasteiger partial charge in [0.05, 0.1) is 0 Å². The van der Waals surface area contributed by atoms with Gasteiger partial charge in [0.25, 0.3) is 0 Å². The minimum atomic E-state index is -0.263. The molecular formula is C13H11NO3S. The van der Waals surface area contributed by atoms with Crippen LogP contribution >= 0.6 is 12.2 Å². The number of hydrogen-bond acceptors (Lipinski definition) is 4. The first-order valence-corrected chi connectivity index (χ1v) is 5.92. The second-order valence-corrected chi connectivity index (χ2v) is 4.45. The van der Waals surface area contributed by atoms with Gasteiger partial charge in [-0.1, -0.05) is 36.5 Å².